The Morgan fingerprint density at radius 2 is 1.95 bits per heavy atom. The molecule has 0 radical (unpaired) electrons. The molecule has 1 aromatic carbocycles. The summed E-state index contributed by atoms with van der Waals surface area (Å²) in [5.41, 5.74) is 1.80. The summed E-state index contributed by atoms with van der Waals surface area (Å²) in [4.78, 5) is 13.9. The summed E-state index contributed by atoms with van der Waals surface area (Å²) in [6, 6.07) is 7.99. The van der Waals surface area contributed by atoms with Crippen LogP contribution in [0.2, 0.25) is 0 Å². The van der Waals surface area contributed by atoms with Crippen LogP contribution in [0.15, 0.2) is 30.6 Å². The zero-order valence-electron chi connectivity index (χ0n) is 12.3. The van der Waals surface area contributed by atoms with E-state index in [0.29, 0.717) is 0 Å². The molecule has 0 saturated carbocycles. The zero-order chi connectivity index (χ0) is 14.7. The van der Waals surface area contributed by atoms with Gasteiger partial charge in [-0.1, -0.05) is 0 Å². The Labute approximate surface area is 135 Å². The zero-order valence-corrected chi connectivity index (χ0v) is 13.2. The number of hydrogen-bond acceptors (Lipinski definition) is 5. The number of rotatable bonds is 3. The van der Waals surface area contributed by atoms with Crippen LogP contribution in [0.1, 0.15) is 19.8 Å². The molecule has 3 rings (SSSR count). The van der Waals surface area contributed by atoms with Gasteiger partial charge in [-0.2, -0.15) is 0 Å². The van der Waals surface area contributed by atoms with Gasteiger partial charge in [0.25, 0.3) is 0 Å². The molecule has 1 aromatic heterocycles. The summed E-state index contributed by atoms with van der Waals surface area (Å²) in [7, 11) is 0. The van der Waals surface area contributed by atoms with Gasteiger partial charge < -0.3 is 10.2 Å². The van der Waals surface area contributed by atoms with Gasteiger partial charge in [-0.25, -0.2) is 4.68 Å². The molecule has 1 fully saturated rings. The summed E-state index contributed by atoms with van der Waals surface area (Å²) in [5.74, 6) is 0.0806. The molecule has 0 spiro atoms. The molecule has 1 aliphatic heterocycles. The van der Waals surface area contributed by atoms with Crippen LogP contribution >= 0.6 is 12.4 Å². The lowest BCUT2D eigenvalue weighted by molar-refractivity contribution is -0.117. The van der Waals surface area contributed by atoms with Gasteiger partial charge in [-0.15, -0.1) is 17.5 Å². The number of nitrogens with zero attached hydrogens (tertiary/aromatic N) is 5. The van der Waals surface area contributed by atoms with Crippen molar-refractivity contribution in [2.75, 3.05) is 18.0 Å². The lowest BCUT2D eigenvalue weighted by atomic mass is 10.0. The van der Waals surface area contributed by atoms with Gasteiger partial charge in [-0.05, 0) is 60.6 Å². The molecule has 0 bridgehead atoms. The number of tetrazole rings is 1. The van der Waals surface area contributed by atoms with Gasteiger partial charge in [-0.3, -0.25) is 4.79 Å². The van der Waals surface area contributed by atoms with Crippen molar-refractivity contribution in [3.05, 3.63) is 30.6 Å². The van der Waals surface area contributed by atoms with E-state index < -0.39 is 0 Å². The van der Waals surface area contributed by atoms with Crippen molar-refractivity contribution in [2.45, 2.75) is 25.8 Å². The second-order valence-corrected chi connectivity index (χ2v) is 5.14. The topological polar surface area (TPSA) is 75.9 Å². The Kier molecular flexibility index (Phi) is 5.46. The van der Waals surface area contributed by atoms with Crippen molar-refractivity contribution < 1.29 is 4.79 Å². The highest BCUT2D eigenvalue weighted by atomic mass is 35.5. The molecule has 1 saturated heterocycles. The minimum absolute atomic E-state index is 0. The third-order valence-corrected chi connectivity index (χ3v) is 3.75. The maximum Gasteiger partial charge on any atom is 0.224 e. The molecule has 0 atom stereocenters. The predicted molar refractivity (Wildman–Crippen MR) is 85.5 cm³/mol. The Bertz CT molecular complexity index is 594. The second kappa shape index (κ2) is 7.33. The lowest BCUT2D eigenvalue weighted by Crippen LogP contribution is -2.45. The van der Waals surface area contributed by atoms with Gasteiger partial charge in [0.1, 0.15) is 6.33 Å². The SMILES string of the molecule is CC(=O)N(c1ccc(-n2cnnn2)cc1)C1CCNCC1.Cl. The molecule has 2 heterocycles. The summed E-state index contributed by atoms with van der Waals surface area (Å²) >= 11 is 0. The van der Waals surface area contributed by atoms with E-state index in [9.17, 15) is 4.79 Å². The van der Waals surface area contributed by atoms with Crippen LogP contribution in [0.4, 0.5) is 5.69 Å². The summed E-state index contributed by atoms with van der Waals surface area (Å²) < 4.78 is 1.59. The number of nitrogens with one attached hydrogen (secondary N) is 1. The molecule has 7 nitrogen and oxygen atoms in total. The van der Waals surface area contributed by atoms with Crippen molar-refractivity contribution in [3.63, 3.8) is 0 Å². The molecule has 1 N–H and O–H groups in total. The third kappa shape index (κ3) is 3.42. The summed E-state index contributed by atoms with van der Waals surface area (Å²) in [6.07, 6.45) is 3.51. The lowest BCUT2D eigenvalue weighted by Gasteiger charge is -2.34. The maximum atomic E-state index is 12.0. The standard InChI is InChI=1S/C14H18N6O.ClH/c1-11(21)20(14-6-8-15-9-7-14)13-4-2-12(3-5-13)19-10-16-17-18-19;/h2-5,10,14-15H,6-9H2,1H3;1H. The molecule has 118 valence electrons. The fraction of sp³-hybridized carbons (Fsp3) is 0.429. The average Bonchev–Trinajstić information content (AvgIpc) is 3.03. The van der Waals surface area contributed by atoms with Crippen molar-refractivity contribution in [1.82, 2.24) is 25.5 Å². The molecule has 1 amide bonds. The smallest absolute Gasteiger partial charge is 0.224 e. The first kappa shape index (κ1) is 16.4. The number of hydrogen-bond donors (Lipinski definition) is 1. The van der Waals surface area contributed by atoms with Crippen LogP contribution in [-0.4, -0.2) is 45.2 Å². The van der Waals surface area contributed by atoms with E-state index in [1.807, 2.05) is 29.2 Å². The highest BCUT2D eigenvalue weighted by molar-refractivity contribution is 5.92. The van der Waals surface area contributed by atoms with Crippen molar-refractivity contribution in [2.24, 2.45) is 0 Å². The first-order valence-corrected chi connectivity index (χ1v) is 7.09. The average molecular weight is 323 g/mol. The Hall–Kier alpha value is -1.99. The van der Waals surface area contributed by atoms with Crippen molar-refractivity contribution in [3.8, 4) is 5.69 Å². The quantitative estimate of drug-likeness (QED) is 0.918. The Morgan fingerprint density at radius 3 is 2.50 bits per heavy atom. The molecule has 8 heteroatoms. The van der Waals surface area contributed by atoms with Gasteiger partial charge in [0.05, 0.1) is 5.69 Å². The van der Waals surface area contributed by atoms with Crippen molar-refractivity contribution in [1.29, 1.82) is 0 Å². The number of carbonyl (C=O) groups is 1. The second-order valence-electron chi connectivity index (χ2n) is 5.14. The van der Waals surface area contributed by atoms with E-state index in [2.05, 4.69) is 20.8 Å². The van der Waals surface area contributed by atoms with E-state index in [-0.39, 0.29) is 24.4 Å². The van der Waals surface area contributed by atoms with E-state index in [1.54, 1.807) is 17.9 Å². The normalized spacial score (nSPS) is 15.1. The summed E-state index contributed by atoms with van der Waals surface area (Å²) in [6.45, 7) is 3.53. The van der Waals surface area contributed by atoms with Gasteiger partial charge >= 0.3 is 0 Å². The van der Waals surface area contributed by atoms with E-state index in [1.165, 1.54) is 0 Å². The number of benzene rings is 1. The number of amides is 1. The maximum absolute atomic E-state index is 12.0. The van der Waals surface area contributed by atoms with Crippen LogP contribution < -0.4 is 10.2 Å². The molecule has 0 unspecified atom stereocenters. The van der Waals surface area contributed by atoms with Crippen LogP contribution in [0, 0.1) is 0 Å². The molecule has 2 aromatic rings. The van der Waals surface area contributed by atoms with Crippen LogP contribution in [-0.2, 0) is 4.79 Å². The molecule has 0 aliphatic carbocycles. The Morgan fingerprint density at radius 1 is 1.27 bits per heavy atom. The van der Waals surface area contributed by atoms with Crippen LogP contribution in [0.25, 0.3) is 5.69 Å². The largest absolute Gasteiger partial charge is 0.317 e. The predicted octanol–water partition coefficient (Wildman–Crippen LogP) is 1.19. The molecule has 22 heavy (non-hydrogen) atoms. The minimum atomic E-state index is 0. The molecule has 1 aliphatic rings. The monoisotopic (exact) mass is 322 g/mol. The number of halogens is 1. The molecular formula is C14H19ClN6O. The molecular weight excluding hydrogens is 304 g/mol. The number of carbonyl (C=O) groups excluding carboxylic acids is 1. The highest BCUT2D eigenvalue weighted by Gasteiger charge is 2.24. The van der Waals surface area contributed by atoms with Crippen LogP contribution in [0.3, 0.4) is 0 Å². The number of aromatic nitrogens is 4. The third-order valence-electron chi connectivity index (χ3n) is 3.75. The summed E-state index contributed by atoms with van der Waals surface area (Å²) in [5, 5.41) is 14.4. The van der Waals surface area contributed by atoms with E-state index in [0.717, 1.165) is 37.3 Å². The fourth-order valence-corrected chi connectivity index (χ4v) is 2.76. The first-order valence-electron chi connectivity index (χ1n) is 7.09. The van der Waals surface area contributed by atoms with E-state index in [4.69, 9.17) is 0 Å². The number of anilines is 1. The van der Waals surface area contributed by atoms with Gasteiger partial charge in [0, 0.05) is 18.7 Å². The van der Waals surface area contributed by atoms with Gasteiger partial charge in [0.2, 0.25) is 5.91 Å². The Balaban J connectivity index is 0.00000176. The van der Waals surface area contributed by atoms with Crippen molar-refractivity contribution >= 4 is 24.0 Å². The van der Waals surface area contributed by atoms with E-state index >= 15 is 0 Å². The van der Waals surface area contributed by atoms with Crippen LogP contribution in [0.5, 0.6) is 0 Å². The first-order chi connectivity index (χ1) is 10.3. The highest BCUT2D eigenvalue weighted by Crippen LogP contribution is 2.23. The fourth-order valence-electron chi connectivity index (χ4n) is 2.76. The van der Waals surface area contributed by atoms with Gasteiger partial charge in [0.15, 0.2) is 0 Å². The number of piperidine rings is 1. The minimum Gasteiger partial charge on any atom is -0.317 e.